The lowest BCUT2D eigenvalue weighted by atomic mass is 10.2. The Labute approximate surface area is 76.4 Å². The van der Waals surface area contributed by atoms with Crippen molar-refractivity contribution in [3.8, 4) is 0 Å². The summed E-state index contributed by atoms with van der Waals surface area (Å²) in [6, 6.07) is 0. The Morgan fingerprint density at radius 1 is 1.42 bits per heavy atom. The molecular formula is C9H23NO2. The van der Waals surface area contributed by atoms with Crippen LogP contribution < -0.4 is 0 Å². The molecule has 3 nitrogen and oxygen atoms in total. The summed E-state index contributed by atoms with van der Waals surface area (Å²) in [5.74, 6) is 0.102. The van der Waals surface area contributed by atoms with Crippen molar-refractivity contribution in [3.63, 3.8) is 0 Å². The molecule has 0 aromatic rings. The van der Waals surface area contributed by atoms with E-state index in [1.165, 1.54) is 4.90 Å². The molecule has 0 saturated heterocycles. The first-order valence-corrected chi connectivity index (χ1v) is 3.45. The minimum Gasteiger partial charge on any atom is -0.395 e. The molecule has 3 heteroatoms. The highest BCUT2D eigenvalue weighted by molar-refractivity contribution is 5.77. The van der Waals surface area contributed by atoms with Gasteiger partial charge in [-0.15, -0.1) is 0 Å². The first kappa shape index (κ1) is 17.5. The number of hydrogen-bond acceptors (Lipinski definition) is 2. The molecule has 0 aliphatic rings. The molecule has 0 heterocycles. The summed E-state index contributed by atoms with van der Waals surface area (Å²) in [5.41, 5.74) is 0. The van der Waals surface area contributed by atoms with Gasteiger partial charge in [0.1, 0.15) is 0 Å². The van der Waals surface area contributed by atoms with Crippen LogP contribution in [0.4, 0.5) is 0 Å². The molecule has 0 spiro atoms. The standard InChI is InChI=1S/C7H15NO2.2CH4/c1-6(2)7(10)8(3)4-5-9;;/h6,9H,4-5H2,1-3H3;2*1H4. The van der Waals surface area contributed by atoms with Crippen molar-refractivity contribution in [2.45, 2.75) is 28.7 Å². The third-order valence-electron chi connectivity index (χ3n) is 1.31. The molecule has 0 aliphatic carbocycles. The topological polar surface area (TPSA) is 40.5 Å². The maximum Gasteiger partial charge on any atom is 0.224 e. The Kier molecular flexibility index (Phi) is 12.4. The molecule has 0 bridgehead atoms. The molecule has 0 unspecified atom stereocenters. The summed E-state index contributed by atoms with van der Waals surface area (Å²) in [5, 5.41) is 8.47. The number of carbonyl (C=O) groups excluding carboxylic acids is 1. The minimum absolute atomic E-state index is 0. The second-order valence-electron chi connectivity index (χ2n) is 2.64. The van der Waals surface area contributed by atoms with Gasteiger partial charge in [0, 0.05) is 19.5 Å². The summed E-state index contributed by atoms with van der Waals surface area (Å²) in [7, 11) is 1.69. The lowest BCUT2D eigenvalue weighted by Gasteiger charge is -2.17. The Bertz CT molecular complexity index is 113. The quantitative estimate of drug-likeness (QED) is 0.707. The number of carbonyl (C=O) groups is 1. The lowest BCUT2D eigenvalue weighted by Crippen LogP contribution is -2.32. The molecule has 12 heavy (non-hydrogen) atoms. The monoisotopic (exact) mass is 177 g/mol. The van der Waals surface area contributed by atoms with Gasteiger partial charge >= 0.3 is 0 Å². The first-order chi connectivity index (χ1) is 4.59. The van der Waals surface area contributed by atoms with Crippen LogP contribution in [0.2, 0.25) is 0 Å². The summed E-state index contributed by atoms with van der Waals surface area (Å²) < 4.78 is 0. The number of nitrogens with zero attached hydrogens (tertiary/aromatic N) is 1. The van der Waals surface area contributed by atoms with Gasteiger partial charge in [-0.1, -0.05) is 28.7 Å². The summed E-state index contributed by atoms with van der Waals surface area (Å²) in [6.07, 6.45) is 0. The number of amides is 1. The molecule has 0 aromatic heterocycles. The van der Waals surface area contributed by atoms with Crippen molar-refractivity contribution in [3.05, 3.63) is 0 Å². The average Bonchev–Trinajstić information content (AvgIpc) is 1.87. The molecule has 0 aromatic carbocycles. The van der Waals surface area contributed by atoms with E-state index in [2.05, 4.69) is 0 Å². The van der Waals surface area contributed by atoms with Gasteiger partial charge in [-0.05, 0) is 0 Å². The van der Waals surface area contributed by atoms with E-state index in [4.69, 9.17) is 5.11 Å². The van der Waals surface area contributed by atoms with Crippen LogP contribution in [-0.2, 0) is 4.79 Å². The van der Waals surface area contributed by atoms with Crippen molar-refractivity contribution in [1.29, 1.82) is 0 Å². The van der Waals surface area contributed by atoms with Crippen LogP contribution in [-0.4, -0.2) is 36.1 Å². The van der Waals surface area contributed by atoms with E-state index in [0.29, 0.717) is 6.54 Å². The zero-order chi connectivity index (χ0) is 8.15. The van der Waals surface area contributed by atoms with Crippen LogP contribution in [0.5, 0.6) is 0 Å². The van der Waals surface area contributed by atoms with E-state index >= 15 is 0 Å². The van der Waals surface area contributed by atoms with Gasteiger partial charge in [0.2, 0.25) is 5.91 Å². The van der Waals surface area contributed by atoms with Crippen molar-refractivity contribution >= 4 is 5.91 Å². The van der Waals surface area contributed by atoms with Crippen LogP contribution in [0.1, 0.15) is 28.7 Å². The van der Waals surface area contributed by atoms with Gasteiger partial charge in [-0.3, -0.25) is 4.79 Å². The van der Waals surface area contributed by atoms with Gasteiger partial charge in [0.25, 0.3) is 0 Å². The van der Waals surface area contributed by atoms with Crippen LogP contribution in [0.15, 0.2) is 0 Å². The largest absolute Gasteiger partial charge is 0.395 e. The molecule has 0 fully saturated rings. The Balaban J connectivity index is -0.000000405. The smallest absolute Gasteiger partial charge is 0.224 e. The van der Waals surface area contributed by atoms with Crippen molar-refractivity contribution in [2.75, 3.05) is 20.2 Å². The molecule has 0 atom stereocenters. The number of aliphatic hydroxyl groups is 1. The maximum atomic E-state index is 11.0. The third-order valence-corrected chi connectivity index (χ3v) is 1.31. The Hall–Kier alpha value is -0.570. The fraction of sp³-hybridized carbons (Fsp3) is 0.889. The maximum absolute atomic E-state index is 11.0. The van der Waals surface area contributed by atoms with Crippen LogP contribution in [0.3, 0.4) is 0 Å². The van der Waals surface area contributed by atoms with Crippen LogP contribution in [0, 0.1) is 5.92 Å². The zero-order valence-electron chi connectivity index (χ0n) is 6.79. The van der Waals surface area contributed by atoms with E-state index in [1.54, 1.807) is 7.05 Å². The van der Waals surface area contributed by atoms with E-state index in [-0.39, 0.29) is 33.3 Å². The predicted octanol–water partition coefficient (Wildman–Crippen LogP) is 1.37. The fourth-order valence-corrected chi connectivity index (χ4v) is 0.701. The summed E-state index contributed by atoms with van der Waals surface area (Å²) in [6.45, 7) is 4.15. The number of likely N-dealkylation sites (N-methyl/N-ethyl adjacent to an activating group) is 1. The number of rotatable bonds is 3. The van der Waals surface area contributed by atoms with Crippen LogP contribution in [0.25, 0.3) is 0 Å². The second-order valence-corrected chi connectivity index (χ2v) is 2.64. The molecule has 0 rings (SSSR count). The predicted molar refractivity (Wildman–Crippen MR) is 53.0 cm³/mol. The van der Waals surface area contributed by atoms with Crippen molar-refractivity contribution < 1.29 is 9.90 Å². The normalized spacial score (nSPS) is 8.42. The van der Waals surface area contributed by atoms with Gasteiger partial charge in [0.15, 0.2) is 0 Å². The van der Waals surface area contributed by atoms with Gasteiger partial charge in [0.05, 0.1) is 6.61 Å². The van der Waals surface area contributed by atoms with Gasteiger partial charge in [-0.25, -0.2) is 0 Å². The molecule has 1 N–H and O–H groups in total. The van der Waals surface area contributed by atoms with Crippen molar-refractivity contribution in [1.82, 2.24) is 4.90 Å². The highest BCUT2D eigenvalue weighted by Gasteiger charge is 2.10. The first-order valence-electron chi connectivity index (χ1n) is 3.45. The van der Waals surface area contributed by atoms with Crippen LogP contribution >= 0.6 is 0 Å². The molecule has 0 radical (unpaired) electrons. The molecule has 0 aliphatic heterocycles. The average molecular weight is 177 g/mol. The van der Waals surface area contributed by atoms with E-state index in [0.717, 1.165) is 0 Å². The summed E-state index contributed by atoms with van der Waals surface area (Å²) >= 11 is 0. The molecule has 76 valence electrons. The van der Waals surface area contributed by atoms with E-state index in [9.17, 15) is 4.79 Å². The third kappa shape index (κ3) is 6.16. The lowest BCUT2D eigenvalue weighted by molar-refractivity contribution is -0.133. The Morgan fingerprint density at radius 3 is 2.08 bits per heavy atom. The molecule has 1 amide bonds. The fourth-order valence-electron chi connectivity index (χ4n) is 0.701. The van der Waals surface area contributed by atoms with E-state index < -0.39 is 0 Å². The molecular weight excluding hydrogens is 154 g/mol. The van der Waals surface area contributed by atoms with Crippen molar-refractivity contribution in [2.24, 2.45) is 5.92 Å². The number of hydrogen-bond donors (Lipinski definition) is 1. The van der Waals surface area contributed by atoms with E-state index in [1.807, 2.05) is 13.8 Å². The zero-order valence-corrected chi connectivity index (χ0v) is 6.79. The highest BCUT2D eigenvalue weighted by atomic mass is 16.3. The SMILES string of the molecule is C.C.CC(C)C(=O)N(C)CCO. The second kappa shape index (κ2) is 8.53. The summed E-state index contributed by atoms with van der Waals surface area (Å²) in [4.78, 5) is 12.6. The number of aliphatic hydroxyl groups excluding tert-OH is 1. The highest BCUT2D eigenvalue weighted by Crippen LogP contribution is 1.97. The Morgan fingerprint density at radius 2 is 1.83 bits per heavy atom. The molecule has 0 saturated carbocycles. The minimum atomic E-state index is 0. The van der Waals surface area contributed by atoms with Gasteiger partial charge < -0.3 is 10.0 Å². The van der Waals surface area contributed by atoms with Gasteiger partial charge in [-0.2, -0.15) is 0 Å².